The summed E-state index contributed by atoms with van der Waals surface area (Å²) in [5, 5.41) is 2.39. The average molecular weight is 392 g/mol. The van der Waals surface area contributed by atoms with Crippen LogP contribution >= 0.6 is 0 Å². The van der Waals surface area contributed by atoms with Gasteiger partial charge in [-0.05, 0) is 56.2 Å². The van der Waals surface area contributed by atoms with Crippen LogP contribution in [0.1, 0.15) is 25.5 Å². The number of anilines is 1. The number of sulfone groups is 1. The second-order valence-electron chi connectivity index (χ2n) is 6.46. The van der Waals surface area contributed by atoms with Crippen molar-refractivity contribution in [3.8, 4) is 5.75 Å². The summed E-state index contributed by atoms with van der Waals surface area (Å²) < 4.78 is 35.6. The lowest BCUT2D eigenvalue weighted by atomic mass is 10.1. The van der Waals surface area contributed by atoms with Crippen LogP contribution in [0.4, 0.5) is 10.5 Å². The van der Waals surface area contributed by atoms with Crippen molar-refractivity contribution in [1.82, 2.24) is 4.90 Å². The van der Waals surface area contributed by atoms with Gasteiger partial charge >= 0.3 is 6.03 Å². The molecule has 0 atom stereocenters. The number of nitrogens with one attached hydrogen (secondary N) is 1. The van der Waals surface area contributed by atoms with Crippen LogP contribution in [0.5, 0.6) is 5.75 Å². The Hall–Kier alpha value is -2.48. The Balaban J connectivity index is 1.51. The summed E-state index contributed by atoms with van der Waals surface area (Å²) in [4.78, 5) is 14.1. The molecule has 1 saturated heterocycles. The molecule has 2 heterocycles. The van der Waals surface area contributed by atoms with Crippen molar-refractivity contribution in [2.75, 3.05) is 25.0 Å². The van der Waals surface area contributed by atoms with Gasteiger partial charge in [-0.25, -0.2) is 13.2 Å². The van der Waals surface area contributed by atoms with Crippen molar-refractivity contribution in [1.29, 1.82) is 0 Å². The SMILES string of the molecule is CCOc1ccc(NC(=O)N2CCC(S(=O)(=O)Cc3ccco3)CC2)cc1. The fourth-order valence-corrected chi connectivity index (χ4v) is 4.86. The highest BCUT2D eigenvalue weighted by molar-refractivity contribution is 7.91. The monoisotopic (exact) mass is 392 g/mol. The number of ether oxygens (including phenoxy) is 1. The van der Waals surface area contributed by atoms with E-state index < -0.39 is 15.1 Å². The van der Waals surface area contributed by atoms with Crippen LogP contribution in [0, 0.1) is 0 Å². The predicted molar refractivity (Wildman–Crippen MR) is 103 cm³/mol. The number of hydrogen-bond acceptors (Lipinski definition) is 5. The van der Waals surface area contributed by atoms with Crippen LogP contribution in [-0.2, 0) is 15.6 Å². The number of piperidine rings is 1. The second kappa shape index (κ2) is 8.47. The average Bonchev–Trinajstić information content (AvgIpc) is 3.16. The van der Waals surface area contributed by atoms with Gasteiger partial charge in [-0.15, -0.1) is 0 Å². The minimum absolute atomic E-state index is 0.0942. The van der Waals surface area contributed by atoms with E-state index in [0.717, 1.165) is 5.75 Å². The number of benzene rings is 1. The Morgan fingerprint density at radius 1 is 1.22 bits per heavy atom. The zero-order valence-electron chi connectivity index (χ0n) is 15.3. The van der Waals surface area contributed by atoms with Crippen LogP contribution < -0.4 is 10.1 Å². The molecule has 0 saturated carbocycles. The number of amides is 2. The fraction of sp³-hybridized carbons (Fsp3) is 0.421. The van der Waals surface area contributed by atoms with Crippen LogP contribution in [-0.4, -0.2) is 44.3 Å². The number of urea groups is 1. The molecule has 0 spiro atoms. The van der Waals surface area contributed by atoms with Crippen molar-refractivity contribution in [2.45, 2.75) is 30.8 Å². The van der Waals surface area contributed by atoms with Gasteiger partial charge in [0, 0.05) is 18.8 Å². The molecule has 2 amide bonds. The smallest absolute Gasteiger partial charge is 0.321 e. The Morgan fingerprint density at radius 3 is 2.52 bits per heavy atom. The normalized spacial score (nSPS) is 15.5. The third-order valence-corrected chi connectivity index (χ3v) is 6.75. The quantitative estimate of drug-likeness (QED) is 0.815. The van der Waals surface area contributed by atoms with Crippen LogP contribution in [0.25, 0.3) is 0 Å². The highest BCUT2D eigenvalue weighted by atomic mass is 32.2. The Morgan fingerprint density at radius 2 is 1.93 bits per heavy atom. The Kier molecular flexibility index (Phi) is 6.05. The van der Waals surface area contributed by atoms with Crippen LogP contribution in [0.2, 0.25) is 0 Å². The first-order valence-corrected chi connectivity index (χ1v) is 10.7. The largest absolute Gasteiger partial charge is 0.494 e. The molecule has 0 aliphatic carbocycles. The van der Waals surface area contributed by atoms with Gasteiger partial charge in [0.25, 0.3) is 0 Å². The molecular formula is C19H24N2O5S. The second-order valence-corrected chi connectivity index (χ2v) is 8.74. The molecule has 1 fully saturated rings. The number of furan rings is 1. The van der Waals surface area contributed by atoms with Gasteiger partial charge in [0.05, 0.1) is 18.1 Å². The number of rotatable bonds is 6. The molecule has 7 nitrogen and oxygen atoms in total. The van der Waals surface area contributed by atoms with Gasteiger partial charge in [-0.1, -0.05) is 0 Å². The molecule has 27 heavy (non-hydrogen) atoms. The van der Waals surface area contributed by atoms with E-state index >= 15 is 0 Å². The summed E-state index contributed by atoms with van der Waals surface area (Å²) >= 11 is 0. The summed E-state index contributed by atoms with van der Waals surface area (Å²) in [5.74, 6) is 1.10. The first-order chi connectivity index (χ1) is 13.0. The van der Waals surface area contributed by atoms with Gasteiger partial charge < -0.3 is 19.4 Å². The molecule has 8 heteroatoms. The fourth-order valence-electron chi connectivity index (χ4n) is 3.13. The van der Waals surface area contributed by atoms with E-state index in [4.69, 9.17) is 9.15 Å². The summed E-state index contributed by atoms with van der Waals surface area (Å²) in [6.07, 6.45) is 2.33. The van der Waals surface area contributed by atoms with E-state index in [1.54, 1.807) is 41.3 Å². The van der Waals surface area contributed by atoms with Crippen LogP contribution in [0.3, 0.4) is 0 Å². The van der Waals surface area contributed by atoms with Crippen molar-refractivity contribution >= 4 is 21.6 Å². The molecule has 0 bridgehead atoms. The topological polar surface area (TPSA) is 88.9 Å². The first kappa shape index (κ1) is 19.3. The summed E-state index contributed by atoms with van der Waals surface area (Å²) in [6.45, 7) is 3.31. The van der Waals surface area contributed by atoms with Gasteiger partial charge in [-0.3, -0.25) is 0 Å². The number of nitrogens with zero attached hydrogens (tertiary/aromatic N) is 1. The summed E-state index contributed by atoms with van der Waals surface area (Å²) in [5.41, 5.74) is 0.677. The molecule has 0 radical (unpaired) electrons. The van der Waals surface area contributed by atoms with Crippen molar-refractivity contribution in [3.05, 3.63) is 48.4 Å². The van der Waals surface area contributed by atoms with E-state index in [2.05, 4.69) is 5.32 Å². The van der Waals surface area contributed by atoms with Gasteiger partial charge in [0.2, 0.25) is 0 Å². The molecule has 0 unspecified atom stereocenters. The molecule has 2 aromatic rings. The minimum Gasteiger partial charge on any atom is -0.494 e. The van der Waals surface area contributed by atoms with Crippen molar-refractivity contribution in [2.24, 2.45) is 0 Å². The Bertz CT molecular complexity index is 839. The molecule has 3 rings (SSSR count). The first-order valence-electron chi connectivity index (χ1n) is 9.00. The predicted octanol–water partition coefficient (Wildman–Crippen LogP) is 3.29. The molecule has 1 N–H and O–H groups in total. The Labute approximate surface area is 159 Å². The maximum absolute atomic E-state index is 12.5. The summed E-state index contributed by atoms with van der Waals surface area (Å²) in [7, 11) is -3.29. The number of likely N-dealkylation sites (tertiary alicyclic amines) is 1. The minimum atomic E-state index is -3.29. The van der Waals surface area contributed by atoms with E-state index in [9.17, 15) is 13.2 Å². The zero-order valence-corrected chi connectivity index (χ0v) is 16.1. The van der Waals surface area contributed by atoms with Gasteiger partial charge in [0.1, 0.15) is 17.3 Å². The van der Waals surface area contributed by atoms with Crippen molar-refractivity contribution in [3.63, 3.8) is 0 Å². The number of hydrogen-bond donors (Lipinski definition) is 1. The number of carbonyl (C=O) groups is 1. The molecular weight excluding hydrogens is 368 g/mol. The van der Waals surface area contributed by atoms with E-state index in [1.807, 2.05) is 6.92 Å². The maximum Gasteiger partial charge on any atom is 0.321 e. The molecule has 1 aliphatic rings. The highest BCUT2D eigenvalue weighted by Crippen LogP contribution is 2.23. The van der Waals surface area contributed by atoms with Crippen LogP contribution in [0.15, 0.2) is 47.1 Å². The molecule has 1 aromatic heterocycles. The molecule has 1 aromatic carbocycles. The summed E-state index contributed by atoms with van der Waals surface area (Å²) in [6, 6.07) is 10.3. The lowest BCUT2D eigenvalue weighted by Crippen LogP contribution is -2.44. The van der Waals surface area contributed by atoms with Crippen molar-refractivity contribution < 1.29 is 22.4 Å². The highest BCUT2D eigenvalue weighted by Gasteiger charge is 2.32. The maximum atomic E-state index is 12.5. The third-order valence-electron chi connectivity index (χ3n) is 4.58. The lowest BCUT2D eigenvalue weighted by molar-refractivity contribution is 0.200. The molecule has 146 valence electrons. The standard InChI is InChI=1S/C19H24N2O5S/c1-2-25-16-7-5-15(6-8-16)20-19(22)21-11-9-18(10-12-21)27(23,24)14-17-4-3-13-26-17/h3-8,13,18H,2,9-12,14H2,1H3,(H,20,22). The zero-order chi connectivity index (χ0) is 19.3. The van der Waals surface area contributed by atoms with Gasteiger partial charge in [0.15, 0.2) is 9.84 Å². The third kappa shape index (κ3) is 5.03. The van der Waals surface area contributed by atoms with E-state index in [0.29, 0.717) is 44.0 Å². The molecule has 1 aliphatic heterocycles. The van der Waals surface area contributed by atoms with E-state index in [1.165, 1.54) is 6.26 Å². The van der Waals surface area contributed by atoms with Gasteiger partial charge in [-0.2, -0.15) is 0 Å². The number of carbonyl (C=O) groups excluding carboxylic acids is 1. The van der Waals surface area contributed by atoms with E-state index in [-0.39, 0.29) is 11.8 Å². The lowest BCUT2D eigenvalue weighted by Gasteiger charge is -2.31.